The third-order valence-electron chi connectivity index (χ3n) is 3.18. The Balaban J connectivity index is 1.68. The van der Waals surface area contributed by atoms with Crippen LogP contribution in [0.4, 0.5) is 0 Å². The van der Waals surface area contributed by atoms with Gasteiger partial charge in [-0.3, -0.25) is 4.79 Å². The van der Waals surface area contributed by atoms with Crippen molar-refractivity contribution in [2.75, 3.05) is 0 Å². The van der Waals surface area contributed by atoms with Gasteiger partial charge in [-0.2, -0.15) is 0 Å². The second-order valence-corrected chi connectivity index (χ2v) is 4.47. The van der Waals surface area contributed by atoms with Crippen molar-refractivity contribution in [1.82, 2.24) is 19.7 Å². The Morgan fingerprint density at radius 3 is 3.05 bits per heavy atom. The first kappa shape index (κ1) is 11.8. The summed E-state index contributed by atoms with van der Waals surface area (Å²) in [6.07, 6.45) is 5.57. The van der Waals surface area contributed by atoms with E-state index in [1.807, 2.05) is 0 Å². The molecule has 0 bridgehead atoms. The molecule has 3 rings (SSSR count). The van der Waals surface area contributed by atoms with Gasteiger partial charge in [0, 0.05) is 13.0 Å². The minimum atomic E-state index is 0.370. The third kappa shape index (κ3) is 2.47. The third-order valence-corrected chi connectivity index (χ3v) is 3.18. The van der Waals surface area contributed by atoms with Gasteiger partial charge in [0.15, 0.2) is 12.1 Å². The zero-order valence-electron chi connectivity index (χ0n) is 10.5. The molecule has 0 saturated carbocycles. The number of fused-ring (bicyclic) bond motifs is 1. The molecule has 19 heavy (non-hydrogen) atoms. The van der Waals surface area contributed by atoms with Crippen LogP contribution in [0.2, 0.25) is 0 Å². The molecular formula is C13H14N4O2. The zero-order chi connectivity index (χ0) is 13.1. The quantitative estimate of drug-likeness (QED) is 0.775. The summed E-state index contributed by atoms with van der Waals surface area (Å²) < 4.78 is 7.74. The topological polar surface area (TPSA) is 69.9 Å². The molecule has 6 heteroatoms. The summed E-state index contributed by atoms with van der Waals surface area (Å²) in [5.74, 6) is 2.51. The Hall–Kier alpha value is -2.24. The Bertz CT molecular complexity index is 577. The highest BCUT2D eigenvalue weighted by Crippen LogP contribution is 2.16. The minimum Gasteiger partial charge on any atom is -0.484 e. The van der Waals surface area contributed by atoms with Crippen molar-refractivity contribution in [2.24, 2.45) is 0 Å². The average Bonchev–Trinajstić information content (AvgIpc) is 2.89. The van der Waals surface area contributed by atoms with Crippen molar-refractivity contribution in [3.63, 3.8) is 0 Å². The number of hydrogen-bond donors (Lipinski definition) is 0. The molecule has 6 nitrogen and oxygen atoms in total. The fraction of sp³-hybridized carbons (Fsp3) is 0.385. The number of aromatic nitrogens is 4. The number of pyridine rings is 1. The second-order valence-electron chi connectivity index (χ2n) is 4.47. The zero-order valence-corrected chi connectivity index (χ0v) is 10.5. The van der Waals surface area contributed by atoms with Gasteiger partial charge in [0.1, 0.15) is 23.9 Å². The monoisotopic (exact) mass is 258 g/mol. The minimum absolute atomic E-state index is 0.370. The van der Waals surface area contributed by atoms with Crippen molar-refractivity contribution < 1.29 is 9.53 Å². The Kier molecular flexibility index (Phi) is 3.22. The van der Waals surface area contributed by atoms with E-state index in [2.05, 4.69) is 19.7 Å². The molecule has 1 aliphatic rings. The first-order valence-corrected chi connectivity index (χ1v) is 6.32. The van der Waals surface area contributed by atoms with E-state index in [1.54, 1.807) is 12.1 Å². The lowest BCUT2D eigenvalue weighted by molar-refractivity contribution is 0.111. The van der Waals surface area contributed by atoms with Crippen molar-refractivity contribution in [1.29, 1.82) is 0 Å². The summed E-state index contributed by atoms with van der Waals surface area (Å²) in [4.78, 5) is 14.4. The van der Waals surface area contributed by atoms with Gasteiger partial charge in [-0.05, 0) is 25.0 Å². The molecule has 0 N–H and O–H groups in total. The second kappa shape index (κ2) is 5.17. The van der Waals surface area contributed by atoms with Crippen molar-refractivity contribution in [2.45, 2.75) is 32.4 Å². The van der Waals surface area contributed by atoms with Crippen LogP contribution in [0.5, 0.6) is 5.75 Å². The van der Waals surface area contributed by atoms with Gasteiger partial charge in [0.25, 0.3) is 0 Å². The van der Waals surface area contributed by atoms with E-state index in [0.29, 0.717) is 24.3 Å². The number of carbonyl (C=O) groups is 1. The summed E-state index contributed by atoms with van der Waals surface area (Å²) in [5, 5.41) is 8.33. The lowest BCUT2D eigenvalue weighted by atomic mass is 10.2. The Morgan fingerprint density at radius 2 is 2.26 bits per heavy atom. The Morgan fingerprint density at radius 1 is 1.32 bits per heavy atom. The van der Waals surface area contributed by atoms with Gasteiger partial charge in [0.05, 0.1) is 6.20 Å². The number of ether oxygens (including phenoxy) is 1. The number of aryl methyl sites for hydroxylation is 1. The molecule has 0 aliphatic carbocycles. The first-order valence-electron chi connectivity index (χ1n) is 6.32. The molecule has 0 saturated heterocycles. The van der Waals surface area contributed by atoms with Crippen LogP contribution in [0.15, 0.2) is 18.3 Å². The van der Waals surface area contributed by atoms with Gasteiger partial charge in [0.2, 0.25) is 0 Å². The van der Waals surface area contributed by atoms with Crippen molar-refractivity contribution >= 4 is 6.29 Å². The summed E-state index contributed by atoms with van der Waals surface area (Å²) >= 11 is 0. The van der Waals surface area contributed by atoms with E-state index in [9.17, 15) is 4.79 Å². The van der Waals surface area contributed by atoms with E-state index >= 15 is 0 Å². The lowest BCUT2D eigenvalue weighted by Gasteiger charge is -2.14. The first-order chi connectivity index (χ1) is 9.36. The summed E-state index contributed by atoms with van der Waals surface area (Å²) in [6, 6.07) is 3.35. The highest BCUT2D eigenvalue weighted by atomic mass is 16.5. The number of carbonyl (C=O) groups excluding carboxylic acids is 1. The number of nitrogens with zero attached hydrogens (tertiary/aromatic N) is 4. The van der Waals surface area contributed by atoms with Crippen LogP contribution in [-0.4, -0.2) is 26.0 Å². The maximum atomic E-state index is 10.5. The van der Waals surface area contributed by atoms with Gasteiger partial charge in [-0.15, -0.1) is 10.2 Å². The highest BCUT2D eigenvalue weighted by Gasteiger charge is 2.15. The van der Waals surface area contributed by atoms with E-state index in [1.165, 1.54) is 12.6 Å². The van der Waals surface area contributed by atoms with E-state index in [-0.39, 0.29) is 0 Å². The van der Waals surface area contributed by atoms with Crippen LogP contribution in [0, 0.1) is 0 Å². The molecule has 0 aromatic carbocycles. The highest BCUT2D eigenvalue weighted by molar-refractivity contribution is 5.71. The molecule has 2 aromatic heterocycles. The maximum absolute atomic E-state index is 10.5. The molecule has 2 aromatic rings. The molecule has 0 atom stereocenters. The van der Waals surface area contributed by atoms with Crippen molar-refractivity contribution in [3.05, 3.63) is 35.7 Å². The number of rotatable bonds is 4. The van der Waals surface area contributed by atoms with Crippen LogP contribution in [-0.2, 0) is 19.6 Å². The number of aldehydes is 1. The number of hydrogen-bond acceptors (Lipinski definition) is 5. The van der Waals surface area contributed by atoms with Gasteiger partial charge >= 0.3 is 0 Å². The predicted octanol–water partition coefficient (Wildman–Crippen LogP) is 1.40. The fourth-order valence-electron chi connectivity index (χ4n) is 2.17. The molecule has 0 amide bonds. The van der Waals surface area contributed by atoms with Crippen LogP contribution in [0.1, 0.15) is 35.0 Å². The molecule has 0 spiro atoms. The smallest absolute Gasteiger partial charge is 0.171 e. The van der Waals surface area contributed by atoms with Gasteiger partial charge in [-0.25, -0.2) is 4.98 Å². The van der Waals surface area contributed by atoms with Crippen molar-refractivity contribution in [3.8, 4) is 5.75 Å². The lowest BCUT2D eigenvalue weighted by Crippen LogP contribution is -2.14. The molecule has 1 aliphatic heterocycles. The van der Waals surface area contributed by atoms with E-state index < -0.39 is 0 Å². The SMILES string of the molecule is O=Cc1ccc(OCc2nnc3n2CCCC3)cn1. The van der Waals surface area contributed by atoms with Crippen LogP contribution < -0.4 is 4.74 Å². The average molecular weight is 258 g/mol. The molecule has 0 fully saturated rings. The fourth-order valence-corrected chi connectivity index (χ4v) is 2.17. The molecular weight excluding hydrogens is 244 g/mol. The summed E-state index contributed by atoms with van der Waals surface area (Å²) in [5.41, 5.74) is 0.396. The van der Waals surface area contributed by atoms with E-state index in [0.717, 1.165) is 31.0 Å². The summed E-state index contributed by atoms with van der Waals surface area (Å²) in [6.45, 7) is 1.33. The van der Waals surface area contributed by atoms with Crippen LogP contribution in [0.25, 0.3) is 0 Å². The molecule has 98 valence electrons. The predicted molar refractivity (Wildman–Crippen MR) is 66.9 cm³/mol. The maximum Gasteiger partial charge on any atom is 0.171 e. The van der Waals surface area contributed by atoms with Gasteiger partial charge in [-0.1, -0.05) is 0 Å². The van der Waals surface area contributed by atoms with E-state index in [4.69, 9.17) is 4.74 Å². The van der Waals surface area contributed by atoms with Crippen LogP contribution in [0.3, 0.4) is 0 Å². The largest absolute Gasteiger partial charge is 0.484 e. The summed E-state index contributed by atoms with van der Waals surface area (Å²) in [7, 11) is 0. The Labute approximate surface area is 110 Å². The molecule has 0 radical (unpaired) electrons. The van der Waals surface area contributed by atoms with Gasteiger partial charge < -0.3 is 9.30 Å². The standard InChI is InChI=1S/C13H14N4O2/c18-8-10-4-5-11(7-14-10)19-9-13-16-15-12-3-1-2-6-17(12)13/h4-5,7-8H,1-3,6,9H2. The van der Waals surface area contributed by atoms with Crippen LogP contribution >= 0.6 is 0 Å². The molecule has 3 heterocycles. The molecule has 0 unspecified atom stereocenters. The normalized spacial score (nSPS) is 13.9.